The van der Waals surface area contributed by atoms with Gasteiger partial charge in [-0.1, -0.05) is 43.2 Å². The fraction of sp³-hybridized carbons (Fsp3) is 0.391. The van der Waals surface area contributed by atoms with Gasteiger partial charge >= 0.3 is 19.8 Å². The van der Waals surface area contributed by atoms with Crippen molar-refractivity contribution in [2.45, 2.75) is 47.3 Å². The third-order valence-electron chi connectivity index (χ3n) is 6.51. The molecule has 5 rings (SSSR count). The fourth-order valence-corrected chi connectivity index (χ4v) is 9.99. The van der Waals surface area contributed by atoms with Crippen LogP contribution in [0.3, 0.4) is 0 Å². The number of nitrogens with zero attached hydrogens (tertiary/aromatic N) is 1. The van der Waals surface area contributed by atoms with Crippen molar-refractivity contribution in [1.82, 2.24) is 20.3 Å². The number of H-pyrrole nitrogens is 2. The van der Waals surface area contributed by atoms with E-state index < -0.39 is 49.6 Å². The number of nitrogens with two attached hydrogens (primary N) is 1. The number of nitrogens with one attached hydrogen (secondary N) is 3. The second-order valence-electron chi connectivity index (χ2n) is 9.49. The van der Waals surface area contributed by atoms with Crippen molar-refractivity contribution in [2.75, 3.05) is 23.8 Å². The zero-order valence-corrected chi connectivity index (χ0v) is 26.5. The molecule has 4 heterocycles. The molecule has 0 amide bonds. The van der Waals surface area contributed by atoms with Crippen LogP contribution in [0.2, 0.25) is 0 Å². The van der Waals surface area contributed by atoms with E-state index in [0.717, 1.165) is 21.6 Å². The lowest BCUT2D eigenvalue weighted by atomic mass is 10.0. The number of aliphatic carboxylic acids is 2. The number of carbonyl (C=O) groups is 2. The lowest BCUT2D eigenvalue weighted by Crippen LogP contribution is -2.36. The average molecular weight is 708 g/mol. The van der Waals surface area contributed by atoms with E-state index in [2.05, 4.69) is 20.3 Å². The molecule has 1 saturated heterocycles. The van der Waals surface area contributed by atoms with E-state index in [-0.39, 0.29) is 48.3 Å². The summed E-state index contributed by atoms with van der Waals surface area (Å²) in [7, 11) is 0.441. The van der Waals surface area contributed by atoms with Crippen LogP contribution in [0.25, 0.3) is 11.0 Å². The van der Waals surface area contributed by atoms with Crippen LogP contribution < -0.4 is 16.6 Å². The molecular weight excluding hydrogens is 682 g/mol. The maximum absolute atomic E-state index is 13.4. The number of aliphatic hydroxyl groups excluding tert-OH is 2. The molecule has 0 spiro atoms. The fourth-order valence-electron chi connectivity index (χ4n) is 4.48. The smallest absolute Gasteiger partial charge is 0.475 e. The standard InChI is InChI=1S/C23H26N5O11PS4/c24-23-27-17-11(3-25-19(17)22(35)28-23)18-21(34)20(33)12(26-18)6-39-40(36)37-4-9-1-13(43-41-7-15(29)30)14(2-10(9)5-38-40)44-42-8-16(31)32/h1-3,12,18,20-21,25-26,33-34H,4-8H2,(H,29,30)(H,31,32)(H3,24,27,28,35). The number of anilines is 1. The Balaban J connectivity index is 1.26. The van der Waals surface area contributed by atoms with Gasteiger partial charge in [-0.25, -0.2) is 9.55 Å². The average Bonchev–Trinajstić information content (AvgIpc) is 3.45. The number of phosphoric ester groups is 1. The van der Waals surface area contributed by atoms with Crippen LogP contribution in [0.4, 0.5) is 5.95 Å². The molecule has 1 fully saturated rings. The third kappa shape index (κ3) is 7.59. The third-order valence-corrected chi connectivity index (χ3v) is 12.5. The number of aromatic amines is 2. The van der Waals surface area contributed by atoms with E-state index >= 15 is 0 Å². The van der Waals surface area contributed by atoms with Crippen molar-refractivity contribution in [1.29, 1.82) is 0 Å². The highest BCUT2D eigenvalue weighted by Gasteiger charge is 2.44. The first-order valence-corrected chi connectivity index (χ1v) is 18.7. The first kappa shape index (κ1) is 33.1. The largest absolute Gasteiger partial charge is 0.481 e. The van der Waals surface area contributed by atoms with E-state index in [1.807, 2.05) is 0 Å². The quantitative estimate of drug-likeness (QED) is 0.0990. The van der Waals surface area contributed by atoms with E-state index in [9.17, 15) is 29.2 Å². The molecule has 0 bridgehead atoms. The summed E-state index contributed by atoms with van der Waals surface area (Å²) in [6.45, 7) is -0.708. The Morgan fingerprint density at radius 2 is 1.64 bits per heavy atom. The lowest BCUT2D eigenvalue weighted by molar-refractivity contribution is -0.134. The molecule has 1 aromatic carbocycles. The van der Waals surface area contributed by atoms with Gasteiger partial charge in [0.05, 0.1) is 38.0 Å². The van der Waals surface area contributed by atoms with E-state index in [1.165, 1.54) is 27.8 Å². The second kappa shape index (κ2) is 14.0. The van der Waals surface area contributed by atoms with Gasteiger partial charge in [0, 0.05) is 21.6 Å². The van der Waals surface area contributed by atoms with Gasteiger partial charge < -0.3 is 36.5 Å². The van der Waals surface area contributed by atoms with Crippen LogP contribution in [0.1, 0.15) is 22.7 Å². The zero-order valence-electron chi connectivity index (χ0n) is 22.3. The minimum Gasteiger partial charge on any atom is -0.481 e. The first-order valence-electron chi connectivity index (χ1n) is 12.6. The minimum absolute atomic E-state index is 0.118. The molecule has 9 N–H and O–H groups in total. The van der Waals surface area contributed by atoms with Crippen LogP contribution in [0.15, 0.2) is 32.9 Å². The molecule has 44 heavy (non-hydrogen) atoms. The minimum atomic E-state index is -4.16. The van der Waals surface area contributed by atoms with Gasteiger partial charge in [-0.05, 0) is 23.3 Å². The zero-order chi connectivity index (χ0) is 31.6. The molecule has 0 radical (unpaired) electrons. The van der Waals surface area contributed by atoms with Crippen LogP contribution in [-0.2, 0) is 40.9 Å². The van der Waals surface area contributed by atoms with Gasteiger partial charge in [0.1, 0.15) is 28.6 Å². The summed E-state index contributed by atoms with van der Waals surface area (Å²) in [6.07, 6.45) is -1.22. The van der Waals surface area contributed by atoms with Crippen molar-refractivity contribution in [3.63, 3.8) is 0 Å². The SMILES string of the molecule is Nc1nc2c(C3NC(COP4(=O)OCc5cc(SSCC(=O)O)c(SSCC(=O)O)cc5CO4)C(O)C3O)c[nH]c2c(=O)[nH]1. The number of fused-ring (bicyclic) bond motifs is 2. The Morgan fingerprint density at radius 3 is 2.20 bits per heavy atom. The molecule has 4 unspecified atom stereocenters. The molecule has 0 aliphatic carbocycles. The number of hydrogen-bond donors (Lipinski definition) is 8. The first-order chi connectivity index (χ1) is 20.9. The summed E-state index contributed by atoms with van der Waals surface area (Å²) < 4.78 is 30.1. The lowest BCUT2D eigenvalue weighted by Gasteiger charge is -2.20. The number of benzene rings is 1. The van der Waals surface area contributed by atoms with Crippen molar-refractivity contribution < 1.29 is 48.2 Å². The summed E-state index contributed by atoms with van der Waals surface area (Å²) >= 11 is 0. The number of rotatable bonds is 12. The number of aliphatic hydroxyl groups is 2. The monoisotopic (exact) mass is 707 g/mol. The Morgan fingerprint density at radius 1 is 1.05 bits per heavy atom. The predicted octanol–water partition coefficient (Wildman–Crippen LogP) is 2.09. The highest BCUT2D eigenvalue weighted by Crippen LogP contribution is 2.54. The summed E-state index contributed by atoms with van der Waals surface area (Å²) in [5.41, 5.74) is 7.16. The molecule has 238 valence electrons. The second-order valence-corrected chi connectivity index (χ2v) is 15.8. The van der Waals surface area contributed by atoms with E-state index in [4.69, 9.17) is 29.5 Å². The number of phosphoric acid groups is 1. The molecule has 16 nitrogen and oxygen atoms in total. The van der Waals surface area contributed by atoms with Crippen molar-refractivity contribution in [3.8, 4) is 0 Å². The van der Waals surface area contributed by atoms with Crippen LogP contribution in [-0.4, -0.2) is 83.7 Å². The Labute approximate surface area is 264 Å². The number of hydrogen-bond acceptors (Lipinski definition) is 16. The number of carboxylic acids is 2. The predicted molar refractivity (Wildman–Crippen MR) is 164 cm³/mol. The van der Waals surface area contributed by atoms with Crippen molar-refractivity contribution >= 4 is 79.9 Å². The summed E-state index contributed by atoms with van der Waals surface area (Å²) in [5, 5.41) is 42.5. The van der Waals surface area contributed by atoms with Gasteiger partial charge in [0.2, 0.25) is 5.95 Å². The van der Waals surface area contributed by atoms with Crippen LogP contribution >= 0.6 is 51.0 Å². The Hall–Kier alpha value is -2.23. The Bertz CT molecular complexity index is 1620. The maximum Gasteiger partial charge on any atom is 0.475 e. The van der Waals surface area contributed by atoms with E-state index in [1.54, 1.807) is 12.1 Å². The summed E-state index contributed by atoms with van der Waals surface area (Å²) in [6, 6.07) is 1.71. The molecule has 2 aromatic heterocycles. The van der Waals surface area contributed by atoms with E-state index in [0.29, 0.717) is 26.5 Å². The molecule has 4 atom stereocenters. The molecule has 2 aliphatic rings. The molecule has 2 aliphatic heterocycles. The van der Waals surface area contributed by atoms with Gasteiger partial charge in [0.25, 0.3) is 5.56 Å². The van der Waals surface area contributed by atoms with Crippen LogP contribution in [0, 0.1) is 0 Å². The van der Waals surface area contributed by atoms with Gasteiger partial charge in [-0.3, -0.25) is 32.9 Å². The van der Waals surface area contributed by atoms with Gasteiger partial charge in [-0.2, -0.15) is 0 Å². The highest BCUT2D eigenvalue weighted by molar-refractivity contribution is 8.78. The molecule has 0 saturated carbocycles. The van der Waals surface area contributed by atoms with Crippen molar-refractivity contribution in [2.24, 2.45) is 0 Å². The molecule has 3 aromatic rings. The topological polar surface area (TPSA) is 259 Å². The molecular formula is C23H26N5O11PS4. The van der Waals surface area contributed by atoms with Gasteiger partial charge in [0.15, 0.2) is 0 Å². The number of nitrogen functional groups attached to an aromatic ring is 1. The van der Waals surface area contributed by atoms with Crippen molar-refractivity contribution in [3.05, 3.63) is 45.4 Å². The maximum atomic E-state index is 13.4. The number of carboxylic acid groups (broad SMARTS) is 2. The summed E-state index contributed by atoms with van der Waals surface area (Å²) in [5.74, 6) is -2.40. The molecule has 21 heteroatoms. The van der Waals surface area contributed by atoms with Crippen LogP contribution in [0.5, 0.6) is 0 Å². The highest BCUT2D eigenvalue weighted by atomic mass is 33.1. The van der Waals surface area contributed by atoms with Gasteiger partial charge in [-0.15, -0.1) is 0 Å². The summed E-state index contributed by atoms with van der Waals surface area (Å²) in [4.78, 5) is 44.8. The Kier molecular flexibility index (Phi) is 10.6. The normalized spacial score (nSPS) is 23.0. The number of aromatic nitrogens is 3.